The number of carbonyl (C=O) groups is 2. The van der Waals surface area contributed by atoms with Gasteiger partial charge in [-0.3, -0.25) is 9.59 Å². The maximum Gasteiger partial charge on any atom is 0.225 e. The van der Waals surface area contributed by atoms with Gasteiger partial charge in [-0.15, -0.1) is 12.4 Å². The van der Waals surface area contributed by atoms with E-state index in [-0.39, 0.29) is 30.3 Å². The molecule has 2 amide bonds. The van der Waals surface area contributed by atoms with E-state index < -0.39 is 0 Å². The number of hydrogen-bond acceptors (Lipinski definition) is 3. The van der Waals surface area contributed by atoms with Crippen molar-refractivity contribution in [3.05, 3.63) is 23.8 Å². The van der Waals surface area contributed by atoms with Gasteiger partial charge in [-0.1, -0.05) is 13.0 Å². The number of hydrogen-bond donors (Lipinski definition) is 3. The fraction of sp³-hybridized carbons (Fsp3) is 0.529. The minimum atomic E-state index is 0. The zero-order chi connectivity index (χ0) is 15.9. The third-order valence-electron chi connectivity index (χ3n) is 3.95. The quantitative estimate of drug-likeness (QED) is 0.745. The fourth-order valence-corrected chi connectivity index (χ4v) is 2.70. The molecule has 0 aliphatic carbocycles. The summed E-state index contributed by atoms with van der Waals surface area (Å²) in [6.07, 6.45) is 4.00. The van der Waals surface area contributed by atoms with E-state index in [0.717, 1.165) is 42.7 Å². The molecule has 2 rings (SSSR count). The molecule has 0 radical (unpaired) electrons. The van der Waals surface area contributed by atoms with Crippen LogP contribution in [0.2, 0.25) is 0 Å². The van der Waals surface area contributed by atoms with Crippen molar-refractivity contribution < 1.29 is 9.59 Å². The molecule has 1 saturated heterocycles. The summed E-state index contributed by atoms with van der Waals surface area (Å²) in [6.45, 7) is 4.88. The van der Waals surface area contributed by atoms with Gasteiger partial charge in [0.15, 0.2) is 0 Å². The summed E-state index contributed by atoms with van der Waals surface area (Å²) in [6, 6.07) is 5.85. The Morgan fingerprint density at radius 1 is 1.22 bits per heavy atom. The summed E-state index contributed by atoms with van der Waals surface area (Å²) >= 11 is 0. The summed E-state index contributed by atoms with van der Waals surface area (Å²) in [4.78, 5) is 23.8. The number of rotatable bonds is 6. The fourth-order valence-electron chi connectivity index (χ4n) is 2.70. The summed E-state index contributed by atoms with van der Waals surface area (Å²) in [7, 11) is 0. The van der Waals surface area contributed by atoms with Gasteiger partial charge in [0, 0.05) is 30.3 Å². The molecule has 1 unspecified atom stereocenters. The van der Waals surface area contributed by atoms with E-state index in [1.807, 2.05) is 32.0 Å². The highest BCUT2D eigenvalue weighted by Gasteiger charge is 2.18. The van der Waals surface area contributed by atoms with Crippen molar-refractivity contribution >= 4 is 35.6 Å². The Balaban J connectivity index is 0.00000264. The van der Waals surface area contributed by atoms with E-state index in [0.29, 0.717) is 12.8 Å². The zero-order valence-corrected chi connectivity index (χ0v) is 14.6. The molecule has 6 heteroatoms. The predicted octanol–water partition coefficient (Wildman–Crippen LogP) is 3.24. The molecule has 0 saturated carbocycles. The molecular formula is C17H26ClN3O2. The highest BCUT2D eigenvalue weighted by atomic mass is 35.5. The van der Waals surface area contributed by atoms with Gasteiger partial charge in [-0.25, -0.2) is 0 Å². The second-order valence-electron chi connectivity index (χ2n) is 5.82. The number of halogens is 1. The lowest BCUT2D eigenvalue weighted by Gasteiger charge is -2.15. The molecule has 1 aliphatic heterocycles. The Morgan fingerprint density at radius 2 is 1.87 bits per heavy atom. The van der Waals surface area contributed by atoms with Crippen molar-refractivity contribution in [2.24, 2.45) is 0 Å². The number of amides is 2. The van der Waals surface area contributed by atoms with E-state index in [2.05, 4.69) is 16.0 Å². The first-order valence-corrected chi connectivity index (χ1v) is 8.03. The highest BCUT2D eigenvalue weighted by molar-refractivity contribution is 5.96. The Kier molecular flexibility index (Phi) is 8.06. The first kappa shape index (κ1) is 19.5. The molecule has 0 spiro atoms. The maximum atomic E-state index is 12.1. The van der Waals surface area contributed by atoms with Crippen LogP contribution in [-0.2, 0) is 9.59 Å². The SMILES string of the molecule is CCCC(=O)Nc1cccc(NC(=O)CC2CCCN2)c1C.Cl. The molecule has 1 aromatic rings. The molecule has 1 fully saturated rings. The molecule has 1 heterocycles. The predicted molar refractivity (Wildman–Crippen MR) is 96.2 cm³/mol. The van der Waals surface area contributed by atoms with Crippen molar-refractivity contribution in [3.8, 4) is 0 Å². The van der Waals surface area contributed by atoms with Crippen molar-refractivity contribution in [1.29, 1.82) is 0 Å². The van der Waals surface area contributed by atoms with Crippen LogP contribution in [0.3, 0.4) is 0 Å². The third kappa shape index (κ3) is 5.84. The second kappa shape index (κ2) is 9.53. The van der Waals surface area contributed by atoms with Gasteiger partial charge >= 0.3 is 0 Å². The molecule has 5 nitrogen and oxygen atoms in total. The number of nitrogens with one attached hydrogen (secondary N) is 3. The lowest BCUT2D eigenvalue weighted by molar-refractivity contribution is -0.117. The number of anilines is 2. The van der Waals surface area contributed by atoms with E-state index in [1.165, 1.54) is 0 Å². The van der Waals surface area contributed by atoms with Crippen molar-refractivity contribution in [3.63, 3.8) is 0 Å². The molecule has 128 valence electrons. The molecule has 1 aliphatic rings. The lowest BCUT2D eigenvalue weighted by Crippen LogP contribution is -2.27. The smallest absolute Gasteiger partial charge is 0.225 e. The summed E-state index contributed by atoms with van der Waals surface area (Å²) in [5, 5.41) is 9.17. The lowest BCUT2D eigenvalue weighted by atomic mass is 10.1. The molecule has 0 aromatic heterocycles. The van der Waals surface area contributed by atoms with Crippen LogP contribution in [0.25, 0.3) is 0 Å². The van der Waals surface area contributed by atoms with Gasteiger partial charge in [0.25, 0.3) is 0 Å². The third-order valence-corrected chi connectivity index (χ3v) is 3.95. The van der Waals surface area contributed by atoms with Crippen LogP contribution in [0.15, 0.2) is 18.2 Å². The topological polar surface area (TPSA) is 70.2 Å². The van der Waals surface area contributed by atoms with Gasteiger partial charge < -0.3 is 16.0 Å². The summed E-state index contributed by atoms with van der Waals surface area (Å²) < 4.78 is 0. The summed E-state index contributed by atoms with van der Waals surface area (Å²) in [5.74, 6) is 0.0174. The molecular weight excluding hydrogens is 314 g/mol. The highest BCUT2D eigenvalue weighted by Crippen LogP contribution is 2.24. The standard InChI is InChI=1S/C17H25N3O2.ClH/c1-3-6-16(21)19-14-8-4-9-15(12(14)2)20-17(22)11-13-7-5-10-18-13;/h4,8-9,13,18H,3,5-7,10-11H2,1-2H3,(H,19,21)(H,20,22);1H. The van der Waals surface area contributed by atoms with Crippen LogP contribution in [0.1, 0.15) is 44.6 Å². The monoisotopic (exact) mass is 339 g/mol. The molecule has 23 heavy (non-hydrogen) atoms. The Labute approximate surface area is 144 Å². The van der Waals surface area contributed by atoms with Gasteiger partial charge in [-0.2, -0.15) is 0 Å². The summed E-state index contributed by atoms with van der Waals surface area (Å²) in [5.41, 5.74) is 2.41. The zero-order valence-electron chi connectivity index (χ0n) is 13.8. The first-order valence-electron chi connectivity index (χ1n) is 8.03. The van der Waals surface area contributed by atoms with Crippen molar-refractivity contribution in [2.45, 2.75) is 52.0 Å². The van der Waals surface area contributed by atoms with Crippen LogP contribution < -0.4 is 16.0 Å². The normalized spacial score (nSPS) is 16.5. The molecule has 1 atom stereocenters. The van der Waals surface area contributed by atoms with Gasteiger partial charge in [0.2, 0.25) is 11.8 Å². The second-order valence-corrected chi connectivity index (χ2v) is 5.82. The van der Waals surface area contributed by atoms with E-state index in [4.69, 9.17) is 0 Å². The Morgan fingerprint density at radius 3 is 2.43 bits per heavy atom. The minimum Gasteiger partial charge on any atom is -0.326 e. The van der Waals surface area contributed by atoms with Crippen LogP contribution in [0.5, 0.6) is 0 Å². The van der Waals surface area contributed by atoms with E-state index in [1.54, 1.807) is 0 Å². The van der Waals surface area contributed by atoms with Gasteiger partial charge in [0.05, 0.1) is 0 Å². The molecule has 1 aromatic carbocycles. The van der Waals surface area contributed by atoms with Crippen molar-refractivity contribution in [1.82, 2.24) is 5.32 Å². The van der Waals surface area contributed by atoms with Crippen LogP contribution in [0.4, 0.5) is 11.4 Å². The minimum absolute atomic E-state index is 0. The van der Waals surface area contributed by atoms with Crippen molar-refractivity contribution in [2.75, 3.05) is 17.2 Å². The van der Waals surface area contributed by atoms with Crippen LogP contribution in [-0.4, -0.2) is 24.4 Å². The Hall–Kier alpha value is -1.59. The van der Waals surface area contributed by atoms with E-state index >= 15 is 0 Å². The van der Waals surface area contributed by atoms with Gasteiger partial charge in [-0.05, 0) is 50.4 Å². The van der Waals surface area contributed by atoms with Crippen LogP contribution in [0, 0.1) is 6.92 Å². The van der Waals surface area contributed by atoms with E-state index in [9.17, 15) is 9.59 Å². The number of benzene rings is 1. The van der Waals surface area contributed by atoms with Gasteiger partial charge in [0.1, 0.15) is 0 Å². The first-order chi connectivity index (χ1) is 10.6. The molecule has 0 bridgehead atoms. The average Bonchev–Trinajstić information content (AvgIpc) is 2.96. The Bertz CT molecular complexity index is 543. The average molecular weight is 340 g/mol. The molecule has 3 N–H and O–H groups in total. The van der Waals surface area contributed by atoms with Crippen LogP contribution >= 0.6 is 12.4 Å². The number of carbonyl (C=O) groups excluding carboxylic acids is 2. The largest absolute Gasteiger partial charge is 0.326 e. The maximum absolute atomic E-state index is 12.1.